The highest BCUT2D eigenvalue weighted by Crippen LogP contribution is 2.33. The van der Waals surface area contributed by atoms with Crippen molar-refractivity contribution in [3.63, 3.8) is 0 Å². The molecule has 2 aliphatic rings. The molecule has 0 unspecified atom stereocenters. The van der Waals surface area contributed by atoms with Crippen molar-refractivity contribution < 1.29 is 28.6 Å². The molecule has 35 heavy (non-hydrogen) atoms. The summed E-state index contributed by atoms with van der Waals surface area (Å²) in [5.74, 6) is 1.98. The molecule has 178 valence electrons. The molecule has 0 aromatic heterocycles. The Hall–Kier alpha value is -4.53. The van der Waals surface area contributed by atoms with E-state index in [1.807, 2.05) is 30.3 Å². The molecule has 9 nitrogen and oxygen atoms in total. The topological polar surface area (TPSA) is 106 Å². The van der Waals surface area contributed by atoms with Crippen LogP contribution in [0.5, 0.6) is 23.0 Å². The molecule has 2 N–H and O–H groups in total. The van der Waals surface area contributed by atoms with Gasteiger partial charge in [0.15, 0.2) is 11.5 Å². The van der Waals surface area contributed by atoms with Crippen LogP contribution in [0.3, 0.4) is 0 Å². The number of fused-ring (bicyclic) bond motifs is 1. The molecule has 4 amide bonds. The summed E-state index contributed by atoms with van der Waals surface area (Å²) in [6.07, 6.45) is 0.278. The van der Waals surface area contributed by atoms with Crippen LogP contribution < -0.4 is 24.8 Å². The summed E-state index contributed by atoms with van der Waals surface area (Å²) >= 11 is 0. The molecule has 2 aliphatic heterocycles. The highest BCUT2D eigenvalue weighted by Gasteiger charge is 2.38. The molecule has 0 radical (unpaired) electrons. The van der Waals surface area contributed by atoms with Gasteiger partial charge in [0, 0.05) is 12.1 Å². The van der Waals surface area contributed by atoms with Gasteiger partial charge in [-0.15, -0.1) is 0 Å². The Kier molecular flexibility index (Phi) is 6.21. The first-order chi connectivity index (χ1) is 17.0. The second-order valence-corrected chi connectivity index (χ2v) is 8.14. The van der Waals surface area contributed by atoms with Gasteiger partial charge in [-0.2, -0.15) is 0 Å². The van der Waals surface area contributed by atoms with Crippen LogP contribution in [-0.2, 0) is 16.1 Å². The first kappa shape index (κ1) is 22.3. The summed E-state index contributed by atoms with van der Waals surface area (Å²) in [5, 5.41) is 5.46. The van der Waals surface area contributed by atoms with Gasteiger partial charge >= 0.3 is 6.03 Å². The van der Waals surface area contributed by atoms with Gasteiger partial charge < -0.3 is 24.8 Å². The van der Waals surface area contributed by atoms with E-state index in [0.717, 1.165) is 16.2 Å². The summed E-state index contributed by atoms with van der Waals surface area (Å²) in [4.78, 5) is 38.7. The number of carbonyl (C=O) groups is 3. The van der Waals surface area contributed by atoms with Gasteiger partial charge in [-0.3, -0.25) is 14.5 Å². The lowest BCUT2D eigenvalue weighted by Gasteiger charge is -2.13. The molecule has 1 saturated heterocycles. The van der Waals surface area contributed by atoms with E-state index >= 15 is 0 Å². The van der Waals surface area contributed by atoms with Gasteiger partial charge in [-0.05, 0) is 60.5 Å². The molecule has 2 heterocycles. The lowest BCUT2D eigenvalue weighted by Crippen LogP contribution is -2.31. The molecule has 0 aliphatic carbocycles. The van der Waals surface area contributed by atoms with Gasteiger partial charge in [0.2, 0.25) is 12.7 Å². The van der Waals surface area contributed by atoms with E-state index in [0.29, 0.717) is 22.9 Å². The number of rotatable bonds is 8. The number of ether oxygens (including phenoxy) is 3. The molecule has 9 heteroatoms. The van der Waals surface area contributed by atoms with E-state index in [2.05, 4.69) is 10.6 Å². The molecule has 3 aromatic carbocycles. The van der Waals surface area contributed by atoms with Crippen LogP contribution in [0, 0.1) is 0 Å². The fourth-order valence-electron chi connectivity index (χ4n) is 3.87. The molecule has 0 bridgehead atoms. The Morgan fingerprint density at radius 1 is 0.971 bits per heavy atom. The summed E-state index contributed by atoms with van der Waals surface area (Å²) in [5.41, 5.74) is 1.36. The van der Waals surface area contributed by atoms with Crippen LogP contribution in [0.2, 0.25) is 0 Å². The highest BCUT2D eigenvalue weighted by atomic mass is 16.7. The zero-order valence-corrected chi connectivity index (χ0v) is 18.7. The van der Waals surface area contributed by atoms with Crippen LogP contribution in [0.4, 0.5) is 10.5 Å². The smallest absolute Gasteiger partial charge is 0.325 e. The summed E-state index contributed by atoms with van der Waals surface area (Å²) in [7, 11) is 0. The average molecular weight is 473 g/mol. The lowest BCUT2D eigenvalue weighted by atomic mass is 10.1. The number of hydrogen-bond donors (Lipinski definition) is 2. The van der Waals surface area contributed by atoms with Crippen molar-refractivity contribution in [2.75, 3.05) is 12.1 Å². The van der Waals surface area contributed by atoms with E-state index in [4.69, 9.17) is 14.2 Å². The quantitative estimate of drug-likeness (QED) is 0.478. The van der Waals surface area contributed by atoms with Gasteiger partial charge in [0.25, 0.3) is 5.91 Å². The standard InChI is InChI=1S/C26H23N3O6/c30-24(27-18-7-9-20(10-8-18)35-19-4-2-1-3-5-19)13-11-21-25(31)29(26(32)28-21)15-17-6-12-22-23(14-17)34-16-33-22/h1-10,12,14,21H,11,13,15-16H2,(H,27,30)(H,28,32)/t21-/m0/s1. The summed E-state index contributed by atoms with van der Waals surface area (Å²) < 4.78 is 16.4. The number of anilines is 1. The maximum Gasteiger partial charge on any atom is 0.325 e. The Balaban J connectivity index is 1.11. The predicted octanol–water partition coefficient (Wildman–Crippen LogP) is 4.05. The number of nitrogens with one attached hydrogen (secondary N) is 2. The van der Waals surface area contributed by atoms with Crippen LogP contribution in [0.1, 0.15) is 18.4 Å². The third-order valence-electron chi connectivity index (χ3n) is 5.66. The molecular formula is C26H23N3O6. The maximum absolute atomic E-state index is 12.8. The number of hydrogen-bond acceptors (Lipinski definition) is 6. The molecule has 1 fully saturated rings. The van der Waals surface area contributed by atoms with E-state index in [9.17, 15) is 14.4 Å². The minimum atomic E-state index is -0.746. The third-order valence-corrected chi connectivity index (χ3v) is 5.66. The molecular weight excluding hydrogens is 450 g/mol. The van der Waals surface area contributed by atoms with Crippen molar-refractivity contribution in [1.29, 1.82) is 0 Å². The van der Waals surface area contributed by atoms with E-state index in [1.165, 1.54) is 0 Å². The second-order valence-electron chi connectivity index (χ2n) is 8.14. The number of imide groups is 1. The summed E-state index contributed by atoms with van der Waals surface area (Å²) in [6, 6.07) is 20.5. The largest absolute Gasteiger partial charge is 0.457 e. The van der Waals surface area contributed by atoms with E-state index < -0.39 is 12.1 Å². The molecule has 0 spiro atoms. The fourth-order valence-corrected chi connectivity index (χ4v) is 3.87. The van der Waals surface area contributed by atoms with Crippen molar-refractivity contribution in [3.05, 3.63) is 78.4 Å². The van der Waals surface area contributed by atoms with Crippen LogP contribution >= 0.6 is 0 Å². The minimum Gasteiger partial charge on any atom is -0.457 e. The lowest BCUT2D eigenvalue weighted by molar-refractivity contribution is -0.128. The van der Waals surface area contributed by atoms with Crippen molar-refractivity contribution in [2.24, 2.45) is 0 Å². The predicted molar refractivity (Wildman–Crippen MR) is 126 cm³/mol. The fraction of sp³-hybridized carbons (Fsp3) is 0.192. The third kappa shape index (κ3) is 5.19. The molecule has 3 aromatic rings. The maximum atomic E-state index is 12.8. The number of nitrogens with zero attached hydrogens (tertiary/aromatic N) is 1. The highest BCUT2D eigenvalue weighted by molar-refractivity contribution is 6.04. The zero-order chi connectivity index (χ0) is 24.2. The normalized spacial score (nSPS) is 16.2. The first-order valence-electron chi connectivity index (χ1n) is 11.2. The average Bonchev–Trinajstić information content (AvgIpc) is 3.44. The monoisotopic (exact) mass is 473 g/mol. The Bertz CT molecular complexity index is 1250. The Morgan fingerprint density at radius 2 is 1.71 bits per heavy atom. The first-order valence-corrected chi connectivity index (χ1v) is 11.2. The van der Waals surface area contributed by atoms with Crippen LogP contribution in [0.25, 0.3) is 0 Å². The number of para-hydroxylation sites is 1. The number of amides is 4. The van der Waals surface area contributed by atoms with Crippen molar-refractivity contribution in [1.82, 2.24) is 10.2 Å². The van der Waals surface area contributed by atoms with Crippen molar-refractivity contribution in [3.8, 4) is 23.0 Å². The van der Waals surface area contributed by atoms with E-state index in [1.54, 1.807) is 42.5 Å². The van der Waals surface area contributed by atoms with Crippen molar-refractivity contribution >= 4 is 23.5 Å². The SMILES string of the molecule is O=C(CC[C@@H]1NC(=O)N(Cc2ccc3c(c2)OCO3)C1=O)Nc1ccc(Oc2ccccc2)cc1. The molecule has 0 saturated carbocycles. The molecule has 1 atom stereocenters. The minimum absolute atomic E-state index is 0.0802. The number of carbonyl (C=O) groups excluding carboxylic acids is 3. The van der Waals surface area contributed by atoms with Gasteiger partial charge in [-0.25, -0.2) is 4.79 Å². The van der Waals surface area contributed by atoms with E-state index in [-0.39, 0.29) is 38.0 Å². The van der Waals surface area contributed by atoms with Crippen molar-refractivity contribution in [2.45, 2.75) is 25.4 Å². The van der Waals surface area contributed by atoms with Crippen LogP contribution in [0.15, 0.2) is 72.8 Å². The summed E-state index contributed by atoms with van der Waals surface area (Å²) in [6.45, 7) is 0.263. The zero-order valence-electron chi connectivity index (χ0n) is 18.7. The molecule has 5 rings (SSSR count). The Morgan fingerprint density at radius 3 is 2.51 bits per heavy atom. The Labute approximate surface area is 201 Å². The van der Waals surface area contributed by atoms with Gasteiger partial charge in [0.1, 0.15) is 17.5 Å². The van der Waals surface area contributed by atoms with Gasteiger partial charge in [0.05, 0.1) is 6.54 Å². The van der Waals surface area contributed by atoms with Crippen LogP contribution in [-0.4, -0.2) is 35.6 Å². The number of urea groups is 1. The number of benzene rings is 3. The second kappa shape index (κ2) is 9.76. The van der Waals surface area contributed by atoms with Gasteiger partial charge in [-0.1, -0.05) is 24.3 Å².